The average molecular weight is 1300 g/mol. The van der Waals surface area contributed by atoms with Gasteiger partial charge in [-0.25, -0.2) is 18.4 Å². The summed E-state index contributed by atoms with van der Waals surface area (Å²) in [5.41, 5.74) is 8.97. The molecule has 8 aromatic rings. The number of hydrogen-bond acceptors (Lipinski definition) is 14. The summed E-state index contributed by atoms with van der Waals surface area (Å²) >= 11 is 0. The maximum Gasteiger partial charge on any atom is 0.344 e. The monoisotopic (exact) mass is 1300 g/mol. The number of carbonyl (C=O) groups is 6. The van der Waals surface area contributed by atoms with Gasteiger partial charge in [0.1, 0.15) is 24.8 Å². The Balaban J connectivity index is 0.744. The Bertz CT molecular complexity index is 3950. The van der Waals surface area contributed by atoms with Crippen molar-refractivity contribution in [2.75, 3.05) is 50.3 Å². The summed E-state index contributed by atoms with van der Waals surface area (Å²) in [4.78, 5) is 79.0. The lowest BCUT2D eigenvalue weighted by Gasteiger charge is -2.19. The summed E-state index contributed by atoms with van der Waals surface area (Å²) in [5.74, 6) is -5.76. The van der Waals surface area contributed by atoms with E-state index < -0.39 is 67.4 Å². The molecule has 0 aliphatic heterocycles. The fraction of sp³-hybridized carbons (Fsp3) is 0.280. The number of hydrogen-bond donors (Lipinski definition) is 5. The average Bonchev–Trinajstić information content (AvgIpc) is 1.60. The van der Waals surface area contributed by atoms with Crippen LogP contribution in [0.1, 0.15) is 104 Å². The molecule has 2 aromatic heterocycles. The second-order valence-electron chi connectivity index (χ2n) is 23.1. The molecule has 18 nitrogen and oxygen atoms in total. The van der Waals surface area contributed by atoms with Crippen LogP contribution in [0.2, 0.25) is 0 Å². The van der Waals surface area contributed by atoms with Crippen molar-refractivity contribution >= 4 is 47.1 Å². The minimum Gasteiger partial charge on any atom is -0.512 e. The van der Waals surface area contributed by atoms with Crippen LogP contribution in [0.5, 0.6) is 0 Å². The zero-order valence-corrected chi connectivity index (χ0v) is 53.4. The Hall–Kier alpha value is -10.3. The first-order valence-electron chi connectivity index (χ1n) is 31.2. The van der Waals surface area contributed by atoms with Gasteiger partial charge in [-0.1, -0.05) is 137 Å². The number of halogens is 2. The summed E-state index contributed by atoms with van der Waals surface area (Å²) in [6, 6.07) is 48.8. The summed E-state index contributed by atoms with van der Waals surface area (Å²) in [6.07, 6.45) is -1.98. The second kappa shape index (κ2) is 34.6. The van der Waals surface area contributed by atoms with Gasteiger partial charge in [-0.15, -0.1) is 0 Å². The predicted molar refractivity (Wildman–Crippen MR) is 357 cm³/mol. The molecular weight excluding hydrogens is 1220 g/mol. The molecule has 496 valence electrons. The highest BCUT2D eigenvalue weighted by molar-refractivity contribution is 6.13. The molecule has 20 heteroatoms. The minimum absolute atomic E-state index is 0.0104. The van der Waals surface area contributed by atoms with Crippen molar-refractivity contribution in [3.63, 3.8) is 0 Å². The molecule has 2 atom stereocenters. The van der Waals surface area contributed by atoms with E-state index in [4.69, 9.17) is 23.7 Å². The molecule has 0 saturated carbocycles. The van der Waals surface area contributed by atoms with Crippen LogP contribution in [0, 0.1) is 11.6 Å². The summed E-state index contributed by atoms with van der Waals surface area (Å²) in [6.45, 7) is 9.85. The number of carbonyl (C=O) groups excluding carboxylic acids is 6. The number of rotatable bonds is 33. The van der Waals surface area contributed by atoms with E-state index in [-0.39, 0.29) is 94.6 Å². The van der Waals surface area contributed by atoms with E-state index in [1.165, 1.54) is 30.3 Å². The van der Waals surface area contributed by atoms with E-state index in [0.29, 0.717) is 73.1 Å². The van der Waals surface area contributed by atoms with E-state index in [1.54, 1.807) is 60.7 Å². The molecule has 0 saturated heterocycles. The first kappa shape index (κ1) is 70.6. The number of nitrogens with zero attached hydrogens (tertiary/aromatic N) is 2. The van der Waals surface area contributed by atoms with Gasteiger partial charge in [-0.2, -0.15) is 0 Å². The number of allylic oxidation sites excluding steroid dienone is 1. The number of para-hydroxylation sites is 2. The van der Waals surface area contributed by atoms with Crippen molar-refractivity contribution in [1.82, 2.24) is 9.13 Å². The summed E-state index contributed by atoms with van der Waals surface area (Å²) in [7, 11) is 0. The molecule has 8 rings (SSSR count). The second-order valence-corrected chi connectivity index (χ2v) is 23.1. The zero-order valence-electron chi connectivity index (χ0n) is 53.4. The Morgan fingerprint density at radius 2 is 0.916 bits per heavy atom. The number of nitrogens with one attached hydrogen (secondary N) is 2. The molecule has 0 aliphatic rings. The number of aliphatic hydroxyl groups excluding tert-OH is 3. The van der Waals surface area contributed by atoms with Crippen LogP contribution in [0.25, 0.3) is 44.8 Å². The quantitative estimate of drug-likeness (QED) is 0.00845. The number of amides is 2. The normalized spacial score (nSPS) is 12.0. The third-order valence-electron chi connectivity index (χ3n) is 15.2. The maximum atomic E-state index is 14.4. The Morgan fingerprint density at radius 1 is 0.495 bits per heavy atom. The van der Waals surface area contributed by atoms with Gasteiger partial charge in [-0.05, 0) is 126 Å². The number of esters is 4. The SMILES string of the molecule is C=C(CC(=O)OCC(=O)OCCOCCOC(=O)COC(=O)C[C@H](O)C/C(O)=C\Cn1c(-c2ccc(F)cc2)c(-c2ccccc2)c(C(=O)Nc2ccccc2)c1C(C)C)C[C@H](O)CCn1c(-c2ccc(F)cc2)c(-c2ccccc2)c(C(=O)Nc2ccccc2)c1C(C)C. The van der Waals surface area contributed by atoms with Crippen LogP contribution in [0.15, 0.2) is 194 Å². The summed E-state index contributed by atoms with van der Waals surface area (Å²) in [5, 5.41) is 39.4. The van der Waals surface area contributed by atoms with Crippen molar-refractivity contribution in [3.05, 3.63) is 228 Å². The van der Waals surface area contributed by atoms with E-state index in [9.17, 15) is 52.9 Å². The van der Waals surface area contributed by atoms with Gasteiger partial charge in [0.2, 0.25) is 0 Å². The van der Waals surface area contributed by atoms with Crippen LogP contribution < -0.4 is 10.6 Å². The first-order chi connectivity index (χ1) is 45.8. The van der Waals surface area contributed by atoms with E-state index in [2.05, 4.69) is 17.2 Å². The molecule has 6 aromatic carbocycles. The molecule has 0 radical (unpaired) electrons. The lowest BCUT2D eigenvalue weighted by molar-refractivity contribution is -0.161. The number of benzene rings is 6. The fourth-order valence-corrected chi connectivity index (χ4v) is 11.2. The van der Waals surface area contributed by atoms with Crippen molar-refractivity contribution in [2.45, 2.75) is 96.9 Å². The molecule has 0 bridgehead atoms. The fourth-order valence-electron chi connectivity index (χ4n) is 11.2. The third kappa shape index (κ3) is 19.9. The minimum atomic E-state index is -1.42. The molecule has 0 aliphatic carbocycles. The van der Waals surface area contributed by atoms with Gasteiger partial charge in [0.15, 0.2) is 13.2 Å². The molecule has 0 unspecified atom stereocenters. The Labute approximate surface area is 550 Å². The van der Waals surface area contributed by atoms with E-state index in [1.807, 2.05) is 122 Å². The highest BCUT2D eigenvalue weighted by Gasteiger charge is 2.33. The highest BCUT2D eigenvalue weighted by atomic mass is 19.1. The van der Waals surface area contributed by atoms with Crippen molar-refractivity contribution in [2.24, 2.45) is 0 Å². The Kier molecular flexibility index (Phi) is 25.7. The maximum absolute atomic E-state index is 14.4. The van der Waals surface area contributed by atoms with Gasteiger partial charge in [0.05, 0.1) is 66.5 Å². The molecule has 0 spiro atoms. The van der Waals surface area contributed by atoms with Gasteiger partial charge < -0.3 is 58.8 Å². The van der Waals surface area contributed by atoms with Crippen molar-refractivity contribution < 1.29 is 76.6 Å². The predicted octanol–water partition coefficient (Wildman–Crippen LogP) is 13.5. The lowest BCUT2D eigenvalue weighted by atomic mass is 9.94. The van der Waals surface area contributed by atoms with Crippen LogP contribution in [0.4, 0.5) is 20.2 Å². The van der Waals surface area contributed by atoms with Crippen LogP contribution in [0.3, 0.4) is 0 Å². The smallest absolute Gasteiger partial charge is 0.344 e. The molecule has 0 fully saturated rings. The molecule has 2 amide bonds. The van der Waals surface area contributed by atoms with Gasteiger partial charge in [0.25, 0.3) is 11.8 Å². The standard InChI is InChI=1S/C75H78F2N4O14/c1-48(2)70-68(74(89)78-57-22-14-8-15-23-57)66(51-18-10-6-11-19-51)72(53-26-30-55(76)31-27-53)80(70)36-34-59(82)42-50(5)43-62(85)94-46-64(87)92-40-38-91-39-41-93-65(88)47-95-63(86)45-61(84)44-60(83)35-37-81-71(49(3)4)69(75(90)79-58-24-16-9-17-25-58)67(52-20-12-7-13-21-52)73(81)54-28-32-56(77)33-29-54/h6-33,35,48-49,59,61,82-84H,5,34,36-47H2,1-4H3,(H,78,89)(H,79,90)/b60-35+/t59-,61-/m1/s1. The molecule has 95 heavy (non-hydrogen) atoms. The third-order valence-corrected chi connectivity index (χ3v) is 15.2. The van der Waals surface area contributed by atoms with E-state index >= 15 is 0 Å². The van der Waals surface area contributed by atoms with Gasteiger partial charge >= 0.3 is 23.9 Å². The lowest BCUT2D eigenvalue weighted by Crippen LogP contribution is -2.22. The van der Waals surface area contributed by atoms with Crippen LogP contribution in [-0.2, 0) is 56.0 Å². The first-order valence-corrected chi connectivity index (χ1v) is 31.2. The van der Waals surface area contributed by atoms with E-state index in [0.717, 1.165) is 11.1 Å². The molecule has 5 N–H and O–H groups in total. The largest absolute Gasteiger partial charge is 0.512 e. The summed E-state index contributed by atoms with van der Waals surface area (Å²) < 4.78 is 58.2. The van der Waals surface area contributed by atoms with Gasteiger partial charge in [0, 0.05) is 53.4 Å². The zero-order chi connectivity index (χ0) is 68.0. The van der Waals surface area contributed by atoms with Crippen LogP contribution >= 0.6 is 0 Å². The van der Waals surface area contributed by atoms with Gasteiger partial charge in [-0.3, -0.25) is 19.2 Å². The topological polar surface area (TPSA) is 243 Å². The molecule has 2 heterocycles. The number of ether oxygens (including phenoxy) is 5. The number of aliphatic hydroxyl groups is 3. The van der Waals surface area contributed by atoms with Crippen molar-refractivity contribution in [1.29, 1.82) is 0 Å². The van der Waals surface area contributed by atoms with Crippen molar-refractivity contribution in [3.8, 4) is 44.8 Å². The Morgan fingerprint density at radius 3 is 1.37 bits per heavy atom. The van der Waals surface area contributed by atoms with Crippen LogP contribution in [-0.4, -0.2) is 112 Å². The number of anilines is 2. The molecular formula is C75H78F2N4O14. The number of aromatic nitrogens is 2. The highest BCUT2D eigenvalue weighted by Crippen LogP contribution is 2.45.